The quantitative estimate of drug-likeness (QED) is 0.228. The Morgan fingerprint density at radius 3 is 1.74 bits per heavy atom. The minimum Gasteiger partial charge on any atom is -0.465 e. The summed E-state index contributed by atoms with van der Waals surface area (Å²) in [5.41, 5.74) is 4.35. The molecule has 0 unspecified atom stereocenters. The first-order valence-corrected chi connectivity index (χ1v) is 13.0. The van der Waals surface area contributed by atoms with Crippen molar-refractivity contribution in [2.24, 2.45) is 4.99 Å². The van der Waals surface area contributed by atoms with E-state index in [4.69, 9.17) is 4.42 Å². The van der Waals surface area contributed by atoms with Gasteiger partial charge in [0.05, 0.1) is 6.26 Å². The minimum atomic E-state index is -0.514. The number of hydrogen-bond donors (Lipinski definition) is 3. The average Bonchev–Trinajstić information content (AvgIpc) is 3.66. The van der Waals surface area contributed by atoms with Gasteiger partial charge in [-0.25, -0.2) is 4.99 Å². The van der Waals surface area contributed by atoms with Crippen molar-refractivity contribution >= 4 is 47.5 Å². The third-order valence-corrected chi connectivity index (χ3v) is 6.08. The molecule has 0 atom stereocenters. The Hall–Kier alpha value is -6.43. The second-order valence-corrected chi connectivity index (χ2v) is 9.05. The third kappa shape index (κ3) is 6.18. The predicted octanol–water partition coefficient (Wildman–Crippen LogP) is 4.63. The number of rotatable bonds is 8. The van der Waals surface area contributed by atoms with E-state index in [0.29, 0.717) is 22.5 Å². The number of amidine groups is 1. The molecule has 43 heavy (non-hydrogen) atoms. The van der Waals surface area contributed by atoms with Crippen LogP contribution in [0.1, 0.15) is 32.0 Å². The van der Waals surface area contributed by atoms with E-state index in [1.54, 1.807) is 84.9 Å². The first kappa shape index (κ1) is 26.8. The van der Waals surface area contributed by atoms with Crippen molar-refractivity contribution in [3.63, 3.8) is 0 Å². The molecule has 1 aliphatic rings. The number of nitrogens with zero attached hydrogens (tertiary/aromatic N) is 5. The lowest BCUT2D eigenvalue weighted by atomic mass is 10.2. The van der Waals surface area contributed by atoms with Crippen LogP contribution in [0.2, 0.25) is 0 Å². The van der Waals surface area contributed by atoms with Crippen LogP contribution in [-0.2, 0) is 4.79 Å². The molecule has 0 saturated heterocycles. The van der Waals surface area contributed by atoms with Gasteiger partial charge >= 0.3 is 0 Å². The Labute approximate surface area is 244 Å². The number of hydrogen-bond acceptors (Lipinski definition) is 9. The lowest BCUT2D eigenvalue weighted by Crippen LogP contribution is -2.38. The second kappa shape index (κ2) is 12.0. The van der Waals surface area contributed by atoms with E-state index in [-0.39, 0.29) is 29.4 Å². The number of amides is 3. The van der Waals surface area contributed by atoms with Crippen molar-refractivity contribution in [2.45, 2.75) is 0 Å². The Kier molecular flexibility index (Phi) is 7.46. The molecule has 2 aromatic heterocycles. The van der Waals surface area contributed by atoms with E-state index in [1.807, 2.05) is 18.2 Å². The van der Waals surface area contributed by atoms with Gasteiger partial charge in [-0.15, -0.1) is 0 Å². The molecular weight excluding hydrogens is 548 g/mol. The van der Waals surface area contributed by atoms with Gasteiger partial charge < -0.3 is 4.42 Å². The maximum Gasteiger partial charge on any atom is 0.297 e. The number of furan rings is 1. The number of benzene rings is 3. The number of carbonyl (C=O) groups is 3. The highest BCUT2D eigenvalue weighted by Crippen LogP contribution is 2.23. The molecule has 0 spiro atoms. The molecule has 12 nitrogen and oxygen atoms in total. The number of hydrazine groups is 1. The van der Waals surface area contributed by atoms with Crippen LogP contribution in [0.4, 0.5) is 17.8 Å². The van der Waals surface area contributed by atoms with Crippen LogP contribution in [-0.4, -0.2) is 43.5 Å². The maximum absolute atomic E-state index is 13.5. The summed E-state index contributed by atoms with van der Waals surface area (Å²) in [5, 5.41) is 6.41. The molecule has 1 aliphatic heterocycles. The van der Waals surface area contributed by atoms with E-state index < -0.39 is 17.7 Å². The van der Waals surface area contributed by atoms with Gasteiger partial charge in [-0.1, -0.05) is 66.7 Å². The zero-order valence-corrected chi connectivity index (χ0v) is 22.3. The van der Waals surface area contributed by atoms with Gasteiger partial charge in [0.25, 0.3) is 17.7 Å². The van der Waals surface area contributed by atoms with Crippen LogP contribution in [0.15, 0.2) is 124 Å². The highest BCUT2D eigenvalue weighted by molar-refractivity contribution is 6.20. The number of anilines is 3. The first-order valence-electron chi connectivity index (χ1n) is 13.0. The fourth-order valence-corrected chi connectivity index (χ4v) is 4.07. The zero-order chi connectivity index (χ0) is 29.6. The number of carbonyl (C=O) groups excluding carboxylic acids is 3. The molecule has 5 aromatic rings. The second-order valence-electron chi connectivity index (χ2n) is 9.05. The monoisotopic (exact) mass is 570 g/mol. The Balaban J connectivity index is 1.35. The van der Waals surface area contributed by atoms with Crippen LogP contribution in [0.25, 0.3) is 6.08 Å². The highest BCUT2D eigenvalue weighted by Gasteiger charge is 2.33. The molecule has 6 rings (SSSR count). The molecule has 3 N–H and O–H groups in total. The summed E-state index contributed by atoms with van der Waals surface area (Å²) in [5.74, 6) is -1.22. The molecule has 210 valence electrons. The molecule has 3 amide bonds. The summed E-state index contributed by atoms with van der Waals surface area (Å²) in [4.78, 5) is 56.7. The molecule has 0 saturated carbocycles. The van der Waals surface area contributed by atoms with Gasteiger partial charge in [0.1, 0.15) is 11.5 Å². The lowest BCUT2D eigenvalue weighted by molar-refractivity contribution is -0.121. The van der Waals surface area contributed by atoms with E-state index in [0.717, 1.165) is 0 Å². The topological polar surface area (TPSA) is 155 Å². The molecule has 0 radical (unpaired) electrons. The summed E-state index contributed by atoms with van der Waals surface area (Å²) in [6.45, 7) is 0. The van der Waals surface area contributed by atoms with Crippen LogP contribution in [0.3, 0.4) is 0 Å². The highest BCUT2D eigenvalue weighted by atomic mass is 16.3. The summed E-state index contributed by atoms with van der Waals surface area (Å²) < 4.78 is 5.37. The Morgan fingerprint density at radius 1 is 0.674 bits per heavy atom. The van der Waals surface area contributed by atoms with Crippen molar-refractivity contribution in [3.8, 4) is 0 Å². The van der Waals surface area contributed by atoms with Crippen molar-refractivity contribution in [1.29, 1.82) is 0 Å². The van der Waals surface area contributed by atoms with Crippen molar-refractivity contribution in [2.75, 3.05) is 16.1 Å². The smallest absolute Gasteiger partial charge is 0.297 e. The lowest BCUT2D eigenvalue weighted by Gasteiger charge is -2.19. The van der Waals surface area contributed by atoms with Gasteiger partial charge in [0, 0.05) is 22.8 Å². The van der Waals surface area contributed by atoms with Crippen molar-refractivity contribution in [3.05, 3.63) is 138 Å². The van der Waals surface area contributed by atoms with E-state index in [1.165, 1.54) is 17.3 Å². The first-order chi connectivity index (χ1) is 21.0. The van der Waals surface area contributed by atoms with Gasteiger partial charge in [-0.05, 0) is 36.4 Å². The normalized spacial score (nSPS) is 13.5. The van der Waals surface area contributed by atoms with Gasteiger partial charge in [-0.2, -0.15) is 20.0 Å². The van der Waals surface area contributed by atoms with E-state index >= 15 is 0 Å². The minimum absolute atomic E-state index is 0.102. The largest absolute Gasteiger partial charge is 0.465 e. The fourth-order valence-electron chi connectivity index (χ4n) is 4.07. The summed E-state index contributed by atoms with van der Waals surface area (Å²) in [6.07, 6.45) is 3.00. The van der Waals surface area contributed by atoms with Crippen LogP contribution >= 0.6 is 0 Å². The standard InChI is InChI=1S/C31H22N8O4/c40-26(21-13-6-2-7-14-21)33-29-35-30(34-27(41)22-15-8-3-9-16-22)37-31(36-29)38-39-25(20-11-4-1-5-12-20)32-24(28(39)42)19-23-17-10-18-43-23/h1-19H,(H3,33,34,35,36,37,38,40,41). The van der Waals surface area contributed by atoms with Crippen molar-refractivity contribution < 1.29 is 18.8 Å². The predicted molar refractivity (Wildman–Crippen MR) is 159 cm³/mol. The molecule has 3 aromatic carbocycles. The number of aromatic nitrogens is 3. The molecule has 3 heterocycles. The van der Waals surface area contributed by atoms with E-state index in [2.05, 4.69) is 36.0 Å². The van der Waals surface area contributed by atoms with Crippen LogP contribution in [0, 0.1) is 0 Å². The molecular formula is C31H22N8O4. The third-order valence-electron chi connectivity index (χ3n) is 6.08. The number of nitrogens with one attached hydrogen (secondary N) is 3. The molecule has 0 bridgehead atoms. The summed E-state index contributed by atoms with van der Waals surface area (Å²) >= 11 is 0. The maximum atomic E-state index is 13.5. The van der Waals surface area contributed by atoms with Crippen LogP contribution in [0.5, 0.6) is 0 Å². The molecule has 0 aliphatic carbocycles. The van der Waals surface area contributed by atoms with E-state index in [9.17, 15) is 14.4 Å². The summed E-state index contributed by atoms with van der Waals surface area (Å²) in [6, 6.07) is 29.4. The van der Waals surface area contributed by atoms with Crippen LogP contribution < -0.4 is 16.1 Å². The SMILES string of the molecule is O=C(Nc1nc(NC(=O)c2ccccc2)nc(NN2C(=O)C(=Cc3ccco3)N=C2c2ccccc2)n1)c1ccccc1. The average molecular weight is 571 g/mol. The fraction of sp³-hybridized carbons (Fsp3) is 0. The Morgan fingerprint density at radius 2 is 1.21 bits per heavy atom. The van der Waals surface area contributed by atoms with Gasteiger partial charge in [0.15, 0.2) is 5.84 Å². The number of aliphatic imine (C=N–C) groups is 1. The molecule has 12 heteroatoms. The molecule has 0 fully saturated rings. The van der Waals surface area contributed by atoms with Crippen molar-refractivity contribution in [1.82, 2.24) is 20.0 Å². The Bertz CT molecular complexity index is 1770. The zero-order valence-electron chi connectivity index (χ0n) is 22.3. The summed E-state index contributed by atoms with van der Waals surface area (Å²) in [7, 11) is 0. The van der Waals surface area contributed by atoms with Gasteiger partial charge in [-0.3, -0.25) is 30.4 Å². The van der Waals surface area contributed by atoms with Gasteiger partial charge in [0.2, 0.25) is 17.8 Å².